The summed E-state index contributed by atoms with van der Waals surface area (Å²) in [4.78, 5) is 0. The van der Waals surface area contributed by atoms with Gasteiger partial charge in [-0.3, -0.25) is 0 Å². The SMILES string of the molecule is CCC[C@H](Cc1cc(OC)cc(OC)c1Br)O[Si](C)(C)C(C)(C)C. The Morgan fingerprint density at radius 3 is 2.21 bits per heavy atom. The van der Waals surface area contributed by atoms with Crippen LogP contribution in [0, 0.1) is 0 Å². The van der Waals surface area contributed by atoms with Crippen LogP contribution < -0.4 is 9.47 Å². The first-order valence-corrected chi connectivity index (χ1v) is 12.3. The van der Waals surface area contributed by atoms with E-state index in [1.54, 1.807) is 14.2 Å². The average Bonchev–Trinajstić information content (AvgIpc) is 2.48. The Kier molecular flexibility index (Phi) is 7.82. The van der Waals surface area contributed by atoms with Crippen molar-refractivity contribution in [3.05, 3.63) is 22.2 Å². The van der Waals surface area contributed by atoms with Crippen molar-refractivity contribution in [2.45, 2.75) is 71.2 Å². The molecule has 1 aromatic carbocycles. The van der Waals surface area contributed by atoms with Crippen molar-refractivity contribution >= 4 is 24.2 Å². The van der Waals surface area contributed by atoms with Gasteiger partial charge in [0.25, 0.3) is 0 Å². The van der Waals surface area contributed by atoms with Crippen molar-refractivity contribution in [1.29, 1.82) is 0 Å². The van der Waals surface area contributed by atoms with Crippen LogP contribution in [0.2, 0.25) is 18.1 Å². The summed E-state index contributed by atoms with van der Waals surface area (Å²) in [5.74, 6) is 1.61. The lowest BCUT2D eigenvalue weighted by Crippen LogP contribution is -2.44. The molecule has 0 unspecified atom stereocenters. The summed E-state index contributed by atoms with van der Waals surface area (Å²) in [5.41, 5.74) is 1.17. The molecule has 1 aromatic rings. The van der Waals surface area contributed by atoms with Gasteiger partial charge in [-0.15, -0.1) is 0 Å². The molecular weight excluding hydrogens is 384 g/mol. The van der Waals surface area contributed by atoms with Gasteiger partial charge in [0, 0.05) is 12.2 Å². The molecule has 0 N–H and O–H groups in total. The maximum Gasteiger partial charge on any atom is 0.192 e. The van der Waals surface area contributed by atoms with E-state index < -0.39 is 8.32 Å². The van der Waals surface area contributed by atoms with Gasteiger partial charge in [0.15, 0.2) is 8.32 Å². The molecule has 0 amide bonds. The van der Waals surface area contributed by atoms with E-state index in [0.717, 1.165) is 35.2 Å². The van der Waals surface area contributed by atoms with Gasteiger partial charge < -0.3 is 13.9 Å². The first-order valence-electron chi connectivity index (χ1n) is 8.64. The fraction of sp³-hybridized carbons (Fsp3) is 0.684. The molecule has 0 spiro atoms. The molecule has 0 aliphatic heterocycles. The van der Waals surface area contributed by atoms with E-state index >= 15 is 0 Å². The van der Waals surface area contributed by atoms with Gasteiger partial charge >= 0.3 is 0 Å². The fourth-order valence-corrected chi connectivity index (χ4v) is 4.35. The van der Waals surface area contributed by atoms with E-state index in [9.17, 15) is 0 Å². The molecule has 0 saturated heterocycles. The Morgan fingerprint density at radius 2 is 1.75 bits per heavy atom. The molecule has 0 fully saturated rings. The molecular formula is C19H33BrO3Si. The van der Waals surface area contributed by atoms with Crippen molar-refractivity contribution < 1.29 is 13.9 Å². The zero-order chi connectivity index (χ0) is 18.5. The number of halogens is 1. The lowest BCUT2D eigenvalue weighted by atomic mass is 10.0. The van der Waals surface area contributed by atoms with Gasteiger partial charge in [-0.1, -0.05) is 34.1 Å². The van der Waals surface area contributed by atoms with Crippen molar-refractivity contribution in [3.8, 4) is 11.5 Å². The quantitative estimate of drug-likeness (QED) is 0.472. The second-order valence-electron chi connectivity index (χ2n) is 7.80. The summed E-state index contributed by atoms with van der Waals surface area (Å²) in [6.45, 7) is 13.7. The van der Waals surface area contributed by atoms with E-state index in [0.29, 0.717) is 0 Å². The Morgan fingerprint density at radius 1 is 1.12 bits per heavy atom. The number of hydrogen-bond acceptors (Lipinski definition) is 3. The first kappa shape index (κ1) is 21.5. The highest BCUT2D eigenvalue weighted by molar-refractivity contribution is 9.10. The van der Waals surface area contributed by atoms with Gasteiger partial charge in [0.1, 0.15) is 11.5 Å². The highest BCUT2D eigenvalue weighted by Gasteiger charge is 2.39. The molecule has 1 atom stereocenters. The van der Waals surface area contributed by atoms with Crippen LogP contribution in [-0.4, -0.2) is 28.6 Å². The summed E-state index contributed by atoms with van der Waals surface area (Å²) in [6, 6.07) is 3.97. The molecule has 0 aliphatic carbocycles. The normalized spacial score (nSPS) is 13.7. The summed E-state index contributed by atoms with van der Waals surface area (Å²) in [5, 5.41) is 0.211. The summed E-state index contributed by atoms with van der Waals surface area (Å²) >= 11 is 3.68. The largest absolute Gasteiger partial charge is 0.497 e. The van der Waals surface area contributed by atoms with Crippen LogP contribution in [0.3, 0.4) is 0 Å². The number of hydrogen-bond donors (Lipinski definition) is 0. The fourth-order valence-electron chi connectivity index (χ4n) is 2.41. The predicted octanol–water partition coefficient (Wildman–Crippen LogP) is 6.20. The highest BCUT2D eigenvalue weighted by Crippen LogP contribution is 2.39. The maximum atomic E-state index is 6.69. The van der Waals surface area contributed by atoms with Crippen LogP contribution in [0.1, 0.15) is 46.1 Å². The van der Waals surface area contributed by atoms with Gasteiger partial charge in [0.2, 0.25) is 0 Å². The molecule has 5 heteroatoms. The highest BCUT2D eigenvalue weighted by atomic mass is 79.9. The number of benzene rings is 1. The van der Waals surface area contributed by atoms with E-state index in [1.165, 1.54) is 5.56 Å². The molecule has 1 rings (SSSR count). The zero-order valence-electron chi connectivity index (χ0n) is 16.5. The Balaban J connectivity index is 3.09. The topological polar surface area (TPSA) is 27.7 Å². The van der Waals surface area contributed by atoms with E-state index in [-0.39, 0.29) is 11.1 Å². The third kappa shape index (κ3) is 5.50. The van der Waals surface area contributed by atoms with E-state index in [2.05, 4.69) is 62.8 Å². The molecule has 0 aromatic heterocycles. The Labute approximate surface area is 157 Å². The van der Waals surface area contributed by atoms with Gasteiger partial charge in [-0.25, -0.2) is 0 Å². The van der Waals surface area contributed by atoms with Crippen LogP contribution in [0.25, 0.3) is 0 Å². The van der Waals surface area contributed by atoms with Crippen LogP contribution in [-0.2, 0) is 10.8 Å². The monoisotopic (exact) mass is 416 g/mol. The minimum atomic E-state index is -1.80. The number of methoxy groups -OCH3 is 2. The molecule has 0 saturated carbocycles. The second kappa shape index (κ2) is 8.72. The summed E-state index contributed by atoms with van der Waals surface area (Å²) in [6.07, 6.45) is 3.23. The van der Waals surface area contributed by atoms with E-state index in [1.807, 2.05) is 6.07 Å². The number of rotatable bonds is 8. The molecule has 0 aliphatic rings. The predicted molar refractivity (Wildman–Crippen MR) is 108 cm³/mol. The van der Waals surface area contributed by atoms with Crippen molar-refractivity contribution in [3.63, 3.8) is 0 Å². The smallest absolute Gasteiger partial charge is 0.192 e. The summed E-state index contributed by atoms with van der Waals surface area (Å²) in [7, 11) is 1.56. The molecule has 3 nitrogen and oxygen atoms in total. The molecule has 0 bridgehead atoms. The van der Waals surface area contributed by atoms with Crippen LogP contribution in [0.15, 0.2) is 16.6 Å². The third-order valence-corrected chi connectivity index (χ3v) is 10.3. The lowest BCUT2D eigenvalue weighted by molar-refractivity contribution is 0.169. The minimum absolute atomic E-state index is 0.211. The molecule has 0 heterocycles. The molecule has 138 valence electrons. The van der Waals surface area contributed by atoms with Crippen LogP contribution in [0.4, 0.5) is 0 Å². The Bertz CT molecular complexity index is 538. The minimum Gasteiger partial charge on any atom is -0.497 e. The van der Waals surface area contributed by atoms with Crippen molar-refractivity contribution in [2.24, 2.45) is 0 Å². The molecule has 0 radical (unpaired) electrons. The van der Waals surface area contributed by atoms with Crippen molar-refractivity contribution in [1.82, 2.24) is 0 Å². The standard InChI is InChI=1S/C19H33BrO3Si/c1-9-10-15(23-24(7,8)19(2,3)4)11-14-12-16(21-5)13-17(22-6)18(14)20/h12-13,15H,9-11H2,1-8H3/t15-/m1/s1. The third-order valence-electron chi connectivity index (χ3n) is 4.87. The summed E-state index contributed by atoms with van der Waals surface area (Å²) < 4.78 is 18.6. The average molecular weight is 417 g/mol. The first-order chi connectivity index (χ1) is 11.1. The van der Waals surface area contributed by atoms with Gasteiger partial charge in [-0.05, 0) is 58.5 Å². The van der Waals surface area contributed by atoms with Crippen LogP contribution >= 0.6 is 15.9 Å². The van der Waals surface area contributed by atoms with Gasteiger partial charge in [-0.2, -0.15) is 0 Å². The molecule has 24 heavy (non-hydrogen) atoms. The van der Waals surface area contributed by atoms with E-state index in [4.69, 9.17) is 13.9 Å². The Hall–Kier alpha value is -0.523. The second-order valence-corrected chi connectivity index (χ2v) is 13.3. The van der Waals surface area contributed by atoms with Gasteiger partial charge in [0.05, 0.1) is 18.7 Å². The number of ether oxygens (including phenoxy) is 2. The van der Waals surface area contributed by atoms with Crippen LogP contribution in [0.5, 0.6) is 11.5 Å². The maximum absolute atomic E-state index is 6.69. The zero-order valence-corrected chi connectivity index (χ0v) is 19.0. The lowest BCUT2D eigenvalue weighted by Gasteiger charge is -2.39. The van der Waals surface area contributed by atoms with Crippen molar-refractivity contribution in [2.75, 3.05) is 14.2 Å².